The van der Waals surface area contributed by atoms with Gasteiger partial charge in [0.2, 0.25) is 0 Å². The van der Waals surface area contributed by atoms with Crippen LogP contribution in [0.4, 0.5) is 0 Å². The lowest BCUT2D eigenvalue weighted by Gasteiger charge is -2.26. The lowest BCUT2D eigenvalue weighted by molar-refractivity contribution is 0.195. The number of ether oxygens (including phenoxy) is 2. The summed E-state index contributed by atoms with van der Waals surface area (Å²) in [4.78, 5) is 0. The minimum absolute atomic E-state index is 0.0279. The average molecular weight is 263 g/mol. The molecular weight excluding hydrogens is 238 g/mol. The van der Waals surface area contributed by atoms with Gasteiger partial charge in [-0.05, 0) is 24.1 Å². The fraction of sp³-hybridized carbons (Fsp3) is 0.500. The van der Waals surface area contributed by atoms with E-state index in [2.05, 4.69) is 31.0 Å². The molecule has 3 heteroatoms. The second-order valence-electron chi connectivity index (χ2n) is 5.06. The minimum Gasteiger partial charge on any atom is -0.497 e. The Labute approximate surface area is 116 Å². The van der Waals surface area contributed by atoms with Crippen LogP contribution in [0.3, 0.4) is 0 Å². The molecule has 106 valence electrons. The molecule has 1 N–H and O–H groups in total. The zero-order valence-electron chi connectivity index (χ0n) is 12.2. The van der Waals surface area contributed by atoms with E-state index in [-0.39, 0.29) is 5.41 Å². The van der Waals surface area contributed by atoms with Gasteiger partial charge in [0.05, 0.1) is 13.7 Å². The SMILES string of the molecule is C=CC(C)(CNCCOC)Cc1cccc(OC)c1. The number of hydrogen-bond donors (Lipinski definition) is 1. The van der Waals surface area contributed by atoms with Gasteiger partial charge in [-0.15, -0.1) is 6.58 Å². The number of methoxy groups -OCH3 is 2. The molecule has 0 saturated heterocycles. The van der Waals surface area contributed by atoms with Gasteiger partial charge in [0.25, 0.3) is 0 Å². The highest BCUT2D eigenvalue weighted by atomic mass is 16.5. The zero-order chi connectivity index (χ0) is 14.1. The summed E-state index contributed by atoms with van der Waals surface area (Å²) in [6.07, 6.45) is 2.96. The number of rotatable bonds is 9. The molecule has 0 amide bonds. The third-order valence-electron chi connectivity index (χ3n) is 3.25. The Kier molecular flexibility index (Phi) is 6.60. The molecule has 0 aliphatic heterocycles. The monoisotopic (exact) mass is 263 g/mol. The largest absolute Gasteiger partial charge is 0.497 e. The van der Waals surface area contributed by atoms with Crippen LogP contribution < -0.4 is 10.1 Å². The van der Waals surface area contributed by atoms with Crippen LogP contribution in [0.2, 0.25) is 0 Å². The van der Waals surface area contributed by atoms with E-state index in [4.69, 9.17) is 9.47 Å². The summed E-state index contributed by atoms with van der Waals surface area (Å²) in [5.74, 6) is 0.899. The van der Waals surface area contributed by atoms with Gasteiger partial charge in [0.1, 0.15) is 5.75 Å². The van der Waals surface area contributed by atoms with E-state index in [9.17, 15) is 0 Å². The van der Waals surface area contributed by atoms with Crippen LogP contribution in [0.5, 0.6) is 5.75 Å². The maximum atomic E-state index is 5.26. The smallest absolute Gasteiger partial charge is 0.119 e. The van der Waals surface area contributed by atoms with Crippen LogP contribution in [0.1, 0.15) is 12.5 Å². The van der Waals surface area contributed by atoms with E-state index in [1.165, 1.54) is 5.56 Å². The van der Waals surface area contributed by atoms with Crippen molar-refractivity contribution in [2.45, 2.75) is 13.3 Å². The van der Waals surface area contributed by atoms with Crippen molar-refractivity contribution in [1.82, 2.24) is 5.32 Å². The highest BCUT2D eigenvalue weighted by Gasteiger charge is 2.20. The predicted octanol–water partition coefficient (Wildman–Crippen LogP) is 2.67. The van der Waals surface area contributed by atoms with E-state index < -0.39 is 0 Å². The minimum atomic E-state index is 0.0279. The van der Waals surface area contributed by atoms with Crippen molar-refractivity contribution in [2.75, 3.05) is 33.9 Å². The Morgan fingerprint density at radius 3 is 2.79 bits per heavy atom. The Morgan fingerprint density at radius 2 is 2.16 bits per heavy atom. The third kappa shape index (κ3) is 5.45. The molecule has 0 radical (unpaired) electrons. The molecule has 1 aromatic rings. The molecule has 0 fully saturated rings. The van der Waals surface area contributed by atoms with Gasteiger partial charge in [0, 0.05) is 25.6 Å². The van der Waals surface area contributed by atoms with Crippen LogP contribution in [0, 0.1) is 5.41 Å². The first-order chi connectivity index (χ1) is 9.13. The van der Waals surface area contributed by atoms with Gasteiger partial charge in [-0.3, -0.25) is 0 Å². The van der Waals surface area contributed by atoms with Gasteiger partial charge >= 0.3 is 0 Å². The molecule has 1 unspecified atom stereocenters. The maximum Gasteiger partial charge on any atom is 0.119 e. The quantitative estimate of drug-likeness (QED) is 0.549. The normalized spacial score (nSPS) is 13.8. The number of nitrogens with one attached hydrogen (secondary N) is 1. The highest BCUT2D eigenvalue weighted by Crippen LogP contribution is 2.25. The first-order valence-electron chi connectivity index (χ1n) is 6.60. The fourth-order valence-corrected chi connectivity index (χ4v) is 2.00. The second kappa shape index (κ2) is 7.97. The number of hydrogen-bond acceptors (Lipinski definition) is 3. The molecule has 0 aromatic heterocycles. The average Bonchev–Trinajstić information content (AvgIpc) is 2.44. The molecule has 1 atom stereocenters. The topological polar surface area (TPSA) is 30.5 Å². The van der Waals surface area contributed by atoms with E-state index in [0.717, 1.165) is 31.9 Å². The van der Waals surface area contributed by atoms with Crippen molar-refractivity contribution >= 4 is 0 Å². The van der Waals surface area contributed by atoms with Gasteiger partial charge in [-0.25, -0.2) is 0 Å². The summed E-state index contributed by atoms with van der Waals surface area (Å²) in [7, 11) is 3.41. The van der Waals surface area contributed by atoms with Crippen LogP contribution in [-0.2, 0) is 11.2 Å². The van der Waals surface area contributed by atoms with Gasteiger partial charge in [-0.2, -0.15) is 0 Å². The van der Waals surface area contributed by atoms with Crippen LogP contribution in [0.15, 0.2) is 36.9 Å². The van der Waals surface area contributed by atoms with Crippen molar-refractivity contribution in [1.29, 1.82) is 0 Å². The Morgan fingerprint density at radius 1 is 1.37 bits per heavy atom. The zero-order valence-corrected chi connectivity index (χ0v) is 12.2. The predicted molar refractivity (Wildman–Crippen MR) is 79.7 cm³/mol. The van der Waals surface area contributed by atoms with Crippen molar-refractivity contribution < 1.29 is 9.47 Å². The number of benzene rings is 1. The first kappa shape index (κ1) is 15.7. The van der Waals surface area contributed by atoms with Crippen LogP contribution >= 0.6 is 0 Å². The Bertz CT molecular complexity index is 392. The molecule has 0 aliphatic rings. The lowest BCUT2D eigenvalue weighted by atomic mass is 9.83. The molecule has 0 saturated carbocycles. The fourth-order valence-electron chi connectivity index (χ4n) is 2.00. The summed E-state index contributed by atoms with van der Waals surface area (Å²) in [5, 5.41) is 3.40. The highest BCUT2D eigenvalue weighted by molar-refractivity contribution is 5.29. The molecule has 0 bridgehead atoms. The second-order valence-corrected chi connectivity index (χ2v) is 5.06. The molecule has 0 aliphatic carbocycles. The molecular formula is C16H25NO2. The van der Waals surface area contributed by atoms with E-state index >= 15 is 0 Å². The van der Waals surface area contributed by atoms with Crippen molar-refractivity contribution in [3.05, 3.63) is 42.5 Å². The van der Waals surface area contributed by atoms with Gasteiger partial charge < -0.3 is 14.8 Å². The van der Waals surface area contributed by atoms with Crippen molar-refractivity contribution in [3.8, 4) is 5.75 Å². The molecule has 1 aromatic carbocycles. The summed E-state index contributed by atoms with van der Waals surface area (Å²) in [5.41, 5.74) is 1.29. The third-order valence-corrected chi connectivity index (χ3v) is 3.25. The summed E-state index contributed by atoms with van der Waals surface area (Å²) in [6, 6.07) is 8.19. The van der Waals surface area contributed by atoms with Gasteiger partial charge in [-0.1, -0.05) is 25.1 Å². The lowest BCUT2D eigenvalue weighted by Crippen LogP contribution is -2.33. The summed E-state index contributed by atoms with van der Waals surface area (Å²) in [6.45, 7) is 8.65. The van der Waals surface area contributed by atoms with Crippen molar-refractivity contribution in [3.63, 3.8) is 0 Å². The molecule has 0 spiro atoms. The molecule has 1 rings (SSSR count). The Hall–Kier alpha value is -1.32. The standard InChI is InChI=1S/C16H25NO2/c1-5-16(2,13-17-9-10-18-3)12-14-7-6-8-15(11-14)19-4/h5-8,11,17H,1,9-10,12-13H2,2-4H3. The van der Waals surface area contributed by atoms with E-state index in [1.54, 1.807) is 14.2 Å². The molecule has 3 nitrogen and oxygen atoms in total. The summed E-state index contributed by atoms with van der Waals surface area (Å²) < 4.78 is 10.3. The first-order valence-corrected chi connectivity index (χ1v) is 6.60. The van der Waals surface area contributed by atoms with E-state index in [0.29, 0.717) is 0 Å². The van der Waals surface area contributed by atoms with Crippen LogP contribution in [0.25, 0.3) is 0 Å². The van der Waals surface area contributed by atoms with E-state index in [1.807, 2.05) is 18.2 Å². The summed E-state index contributed by atoms with van der Waals surface area (Å²) >= 11 is 0. The Balaban J connectivity index is 2.60. The van der Waals surface area contributed by atoms with Gasteiger partial charge in [0.15, 0.2) is 0 Å². The maximum absolute atomic E-state index is 5.26. The van der Waals surface area contributed by atoms with Crippen molar-refractivity contribution in [2.24, 2.45) is 5.41 Å². The van der Waals surface area contributed by atoms with Crippen LogP contribution in [-0.4, -0.2) is 33.9 Å². The molecule has 19 heavy (non-hydrogen) atoms. The molecule has 0 heterocycles.